The Kier molecular flexibility index (Phi) is 4.13. The first kappa shape index (κ1) is 18.2. The molecule has 0 fully saturated rings. The summed E-state index contributed by atoms with van der Waals surface area (Å²) in [4.78, 5) is 13.4. The normalized spacial score (nSPS) is 20.2. The minimum Gasteiger partial charge on any atom is -0.373 e. The maximum absolute atomic E-state index is 13.4. The molecule has 0 spiro atoms. The highest BCUT2D eigenvalue weighted by molar-refractivity contribution is 6.12. The molecular weight excluding hydrogens is 354 g/mol. The van der Waals surface area contributed by atoms with Crippen LogP contribution in [0.4, 0.5) is 5.69 Å². The first-order valence-corrected chi connectivity index (χ1v) is 10.6. The molecule has 5 rings (SSSR count). The second-order valence-corrected chi connectivity index (χ2v) is 9.21. The van der Waals surface area contributed by atoms with Crippen LogP contribution in [0.25, 0.3) is 16.3 Å². The lowest BCUT2D eigenvalue weighted by molar-refractivity contribution is -0.118. The van der Waals surface area contributed by atoms with E-state index < -0.39 is 0 Å². The van der Waals surface area contributed by atoms with E-state index in [-0.39, 0.29) is 17.2 Å². The zero-order chi connectivity index (χ0) is 20.2. The summed E-state index contributed by atoms with van der Waals surface area (Å²) in [5.74, 6) is 0.284. The SMILES string of the molecule is CCc1ccc([C@H]2Nc3ccc4ccccc4c3C3=C2C(=O)CC(C)(C)C3)cc1. The van der Waals surface area contributed by atoms with Gasteiger partial charge in [0.2, 0.25) is 0 Å². The molecule has 1 N–H and O–H groups in total. The number of nitrogens with one attached hydrogen (secondary N) is 1. The molecule has 1 aliphatic heterocycles. The Bertz CT molecular complexity index is 1150. The monoisotopic (exact) mass is 381 g/mol. The van der Waals surface area contributed by atoms with Crippen LogP contribution in [0.1, 0.15) is 56.3 Å². The van der Waals surface area contributed by atoms with Gasteiger partial charge in [-0.2, -0.15) is 0 Å². The van der Waals surface area contributed by atoms with E-state index in [0.717, 1.165) is 24.1 Å². The minimum absolute atomic E-state index is 0.0158. The van der Waals surface area contributed by atoms with E-state index in [2.05, 4.69) is 86.8 Å². The molecule has 1 atom stereocenters. The zero-order valence-electron chi connectivity index (χ0n) is 17.4. The summed E-state index contributed by atoms with van der Waals surface area (Å²) < 4.78 is 0. The van der Waals surface area contributed by atoms with Crippen LogP contribution in [-0.2, 0) is 11.2 Å². The van der Waals surface area contributed by atoms with Crippen molar-refractivity contribution < 1.29 is 4.79 Å². The highest BCUT2D eigenvalue weighted by atomic mass is 16.1. The van der Waals surface area contributed by atoms with E-state index in [1.165, 1.54) is 33.0 Å². The van der Waals surface area contributed by atoms with Gasteiger partial charge in [0, 0.05) is 23.2 Å². The van der Waals surface area contributed by atoms with Crippen molar-refractivity contribution in [3.63, 3.8) is 0 Å². The van der Waals surface area contributed by atoms with Gasteiger partial charge in [0.1, 0.15) is 0 Å². The molecule has 1 heterocycles. The lowest BCUT2D eigenvalue weighted by atomic mass is 9.68. The average Bonchev–Trinajstić information content (AvgIpc) is 2.72. The minimum atomic E-state index is -0.0758. The highest BCUT2D eigenvalue weighted by Crippen LogP contribution is 2.51. The molecule has 0 saturated carbocycles. The third-order valence-corrected chi connectivity index (χ3v) is 6.46. The van der Waals surface area contributed by atoms with Crippen LogP contribution in [0.2, 0.25) is 0 Å². The fourth-order valence-corrected chi connectivity index (χ4v) is 5.03. The summed E-state index contributed by atoms with van der Waals surface area (Å²) in [6.45, 7) is 6.60. The molecule has 2 heteroatoms. The first-order chi connectivity index (χ1) is 14.0. The lowest BCUT2D eigenvalue weighted by Crippen LogP contribution is -2.33. The Balaban J connectivity index is 1.76. The van der Waals surface area contributed by atoms with Crippen molar-refractivity contribution in [3.8, 4) is 0 Å². The number of benzene rings is 3. The Morgan fingerprint density at radius 3 is 2.48 bits per heavy atom. The van der Waals surface area contributed by atoms with E-state index in [9.17, 15) is 4.79 Å². The lowest BCUT2D eigenvalue weighted by Gasteiger charge is -2.40. The highest BCUT2D eigenvalue weighted by Gasteiger charge is 2.40. The van der Waals surface area contributed by atoms with Gasteiger partial charge in [-0.3, -0.25) is 4.79 Å². The molecule has 1 aliphatic carbocycles. The van der Waals surface area contributed by atoms with Crippen molar-refractivity contribution in [3.05, 3.63) is 82.9 Å². The number of fused-ring (bicyclic) bond motifs is 4. The van der Waals surface area contributed by atoms with E-state index in [4.69, 9.17) is 0 Å². The molecule has 0 aromatic heterocycles. The van der Waals surface area contributed by atoms with Crippen LogP contribution >= 0.6 is 0 Å². The van der Waals surface area contributed by atoms with Gasteiger partial charge in [0.25, 0.3) is 0 Å². The van der Waals surface area contributed by atoms with E-state index in [1.54, 1.807) is 0 Å². The number of hydrogen-bond acceptors (Lipinski definition) is 2. The quantitative estimate of drug-likeness (QED) is 0.534. The number of hydrogen-bond donors (Lipinski definition) is 1. The Hall–Kier alpha value is -2.87. The molecule has 3 aromatic carbocycles. The smallest absolute Gasteiger partial charge is 0.162 e. The maximum Gasteiger partial charge on any atom is 0.162 e. The molecular formula is C27H27NO. The molecule has 2 aliphatic rings. The summed E-state index contributed by atoms with van der Waals surface area (Å²) in [6.07, 6.45) is 2.56. The van der Waals surface area contributed by atoms with Crippen LogP contribution in [0.5, 0.6) is 0 Å². The van der Waals surface area contributed by atoms with Gasteiger partial charge in [-0.05, 0) is 51.8 Å². The van der Waals surface area contributed by atoms with Crippen molar-refractivity contribution in [1.29, 1.82) is 0 Å². The van der Waals surface area contributed by atoms with Gasteiger partial charge >= 0.3 is 0 Å². The standard InChI is InChI=1S/C27H27NO/c1-4-17-9-11-19(12-10-17)26-25-21(15-27(2,3)16-23(25)29)24-20-8-6-5-7-18(20)13-14-22(24)28-26/h5-14,26,28H,4,15-16H2,1-3H3/t26-/m1/s1. The van der Waals surface area contributed by atoms with E-state index >= 15 is 0 Å². The fourth-order valence-electron chi connectivity index (χ4n) is 5.03. The molecule has 3 aromatic rings. The second kappa shape index (κ2) is 6.59. The average molecular weight is 382 g/mol. The fraction of sp³-hybridized carbons (Fsp3) is 0.296. The third kappa shape index (κ3) is 2.98. The summed E-state index contributed by atoms with van der Waals surface area (Å²) >= 11 is 0. The Labute approximate surface area is 172 Å². The number of carbonyl (C=O) groups is 1. The van der Waals surface area contributed by atoms with Gasteiger partial charge in [0.15, 0.2) is 5.78 Å². The van der Waals surface area contributed by atoms with Gasteiger partial charge < -0.3 is 5.32 Å². The summed E-state index contributed by atoms with van der Waals surface area (Å²) in [5.41, 5.74) is 7.04. The molecule has 29 heavy (non-hydrogen) atoms. The molecule has 146 valence electrons. The Morgan fingerprint density at radius 1 is 0.966 bits per heavy atom. The van der Waals surface area contributed by atoms with Crippen LogP contribution in [0, 0.1) is 5.41 Å². The van der Waals surface area contributed by atoms with Crippen molar-refractivity contribution >= 4 is 27.8 Å². The molecule has 0 bridgehead atoms. The maximum atomic E-state index is 13.4. The van der Waals surface area contributed by atoms with Crippen LogP contribution < -0.4 is 5.32 Å². The number of ketones is 1. The number of aryl methyl sites for hydroxylation is 1. The predicted molar refractivity (Wildman–Crippen MR) is 121 cm³/mol. The van der Waals surface area contributed by atoms with Crippen molar-refractivity contribution in [2.75, 3.05) is 5.32 Å². The third-order valence-electron chi connectivity index (χ3n) is 6.46. The summed E-state index contributed by atoms with van der Waals surface area (Å²) in [6, 6.07) is 21.5. The van der Waals surface area contributed by atoms with E-state index in [0.29, 0.717) is 6.42 Å². The number of allylic oxidation sites excluding steroid dienone is 1. The molecule has 2 nitrogen and oxygen atoms in total. The van der Waals surface area contributed by atoms with Crippen LogP contribution in [0.3, 0.4) is 0 Å². The van der Waals surface area contributed by atoms with E-state index in [1.807, 2.05) is 0 Å². The van der Waals surface area contributed by atoms with Gasteiger partial charge in [-0.25, -0.2) is 0 Å². The van der Waals surface area contributed by atoms with Crippen molar-refractivity contribution in [2.24, 2.45) is 5.41 Å². The van der Waals surface area contributed by atoms with Crippen molar-refractivity contribution in [2.45, 2.75) is 46.1 Å². The largest absolute Gasteiger partial charge is 0.373 e. The second-order valence-electron chi connectivity index (χ2n) is 9.21. The molecule has 0 amide bonds. The predicted octanol–water partition coefficient (Wildman–Crippen LogP) is 6.71. The topological polar surface area (TPSA) is 29.1 Å². The number of Topliss-reactive ketones (excluding diaryl/α,β-unsaturated/α-hetero) is 1. The molecule has 0 saturated heterocycles. The zero-order valence-corrected chi connectivity index (χ0v) is 17.4. The van der Waals surface area contributed by atoms with Gasteiger partial charge in [-0.1, -0.05) is 75.4 Å². The van der Waals surface area contributed by atoms with Crippen molar-refractivity contribution in [1.82, 2.24) is 0 Å². The van der Waals surface area contributed by atoms with Crippen LogP contribution in [0.15, 0.2) is 66.2 Å². The van der Waals surface area contributed by atoms with Crippen LogP contribution in [-0.4, -0.2) is 5.78 Å². The number of anilines is 1. The Morgan fingerprint density at radius 2 is 1.72 bits per heavy atom. The number of rotatable bonds is 2. The molecule has 0 unspecified atom stereocenters. The summed E-state index contributed by atoms with van der Waals surface area (Å²) in [5, 5.41) is 6.18. The van der Waals surface area contributed by atoms with Gasteiger partial charge in [0.05, 0.1) is 6.04 Å². The van der Waals surface area contributed by atoms with Gasteiger partial charge in [-0.15, -0.1) is 0 Å². The molecule has 0 radical (unpaired) electrons. The summed E-state index contributed by atoms with van der Waals surface area (Å²) in [7, 11) is 0. The first-order valence-electron chi connectivity index (χ1n) is 10.6. The number of carbonyl (C=O) groups excluding carboxylic acids is 1.